The predicted molar refractivity (Wildman–Crippen MR) is 57.4 cm³/mol. The number of hydrogen-bond acceptors (Lipinski definition) is 2. The third-order valence-corrected chi connectivity index (χ3v) is 2.53. The van der Waals surface area contributed by atoms with Crippen LogP contribution in [-0.4, -0.2) is 9.97 Å². The molecule has 1 rings (SSSR count). The van der Waals surface area contributed by atoms with Crippen molar-refractivity contribution >= 4 is 0 Å². The fraction of sp³-hybridized carbons (Fsp3) is 0.636. The van der Waals surface area contributed by atoms with Gasteiger partial charge in [-0.15, -0.1) is 0 Å². The van der Waals surface area contributed by atoms with Crippen LogP contribution in [0.5, 0.6) is 0 Å². The van der Waals surface area contributed by atoms with E-state index in [0.29, 0.717) is 0 Å². The normalized spacial score (nSPS) is 11.6. The Balaban J connectivity index is 2.86. The molecule has 0 bridgehead atoms. The van der Waals surface area contributed by atoms with E-state index in [1.54, 1.807) is 6.07 Å². The number of nitrogens with one attached hydrogen (secondary N) is 1. The molecule has 0 amide bonds. The van der Waals surface area contributed by atoms with Crippen molar-refractivity contribution in [3.05, 3.63) is 28.4 Å². The average Bonchev–Trinajstić information content (AvgIpc) is 2.15. The quantitative estimate of drug-likeness (QED) is 0.799. The van der Waals surface area contributed by atoms with Gasteiger partial charge in [0, 0.05) is 11.5 Å². The highest BCUT2D eigenvalue weighted by Gasteiger charge is 2.21. The monoisotopic (exact) mass is 194 g/mol. The molecule has 14 heavy (non-hydrogen) atoms. The van der Waals surface area contributed by atoms with Crippen molar-refractivity contribution in [1.29, 1.82) is 0 Å². The Morgan fingerprint density at radius 3 is 2.79 bits per heavy atom. The molecule has 78 valence electrons. The number of aromatic amines is 1. The van der Waals surface area contributed by atoms with Gasteiger partial charge in [0.15, 0.2) is 0 Å². The molecule has 0 saturated carbocycles. The van der Waals surface area contributed by atoms with E-state index in [0.717, 1.165) is 12.1 Å². The first-order valence-electron chi connectivity index (χ1n) is 5.11. The van der Waals surface area contributed by atoms with Crippen LogP contribution < -0.4 is 5.56 Å². The van der Waals surface area contributed by atoms with Crippen molar-refractivity contribution in [2.45, 2.75) is 45.4 Å². The summed E-state index contributed by atoms with van der Waals surface area (Å²) in [6.07, 6.45) is 4.89. The van der Waals surface area contributed by atoms with E-state index in [1.807, 2.05) is 0 Å². The summed E-state index contributed by atoms with van der Waals surface area (Å²) in [4.78, 5) is 17.9. The maximum atomic E-state index is 11.1. The van der Waals surface area contributed by atoms with E-state index in [1.165, 1.54) is 19.2 Å². The van der Waals surface area contributed by atoms with Crippen molar-refractivity contribution in [1.82, 2.24) is 9.97 Å². The van der Waals surface area contributed by atoms with E-state index in [2.05, 4.69) is 30.7 Å². The summed E-state index contributed by atoms with van der Waals surface area (Å²) in [7, 11) is 0. The highest BCUT2D eigenvalue weighted by Crippen LogP contribution is 2.25. The predicted octanol–water partition coefficient (Wildman–Crippen LogP) is 2.24. The smallest absolute Gasteiger partial charge is 0.250 e. The van der Waals surface area contributed by atoms with E-state index >= 15 is 0 Å². The Hall–Kier alpha value is -1.12. The average molecular weight is 194 g/mol. The van der Waals surface area contributed by atoms with Gasteiger partial charge in [-0.1, -0.05) is 33.6 Å². The van der Waals surface area contributed by atoms with Gasteiger partial charge in [-0.3, -0.25) is 4.79 Å². The standard InChI is InChI=1S/C11H18N2O/c1-4-5-6-11(2,3)9-7-10(14)13-8-12-9/h7-8H,4-6H2,1-3H3,(H,12,13,14). The second kappa shape index (κ2) is 4.40. The first kappa shape index (κ1) is 11.0. The van der Waals surface area contributed by atoms with Gasteiger partial charge in [0.05, 0.1) is 12.0 Å². The molecule has 1 aromatic heterocycles. The Labute approximate surface area is 84.6 Å². The third kappa shape index (κ3) is 2.69. The molecule has 0 aromatic carbocycles. The molecule has 0 saturated heterocycles. The van der Waals surface area contributed by atoms with Gasteiger partial charge in [-0.05, 0) is 6.42 Å². The number of H-pyrrole nitrogens is 1. The molecule has 1 N–H and O–H groups in total. The molecular weight excluding hydrogens is 176 g/mol. The zero-order valence-corrected chi connectivity index (χ0v) is 9.13. The van der Waals surface area contributed by atoms with Crippen molar-refractivity contribution in [2.75, 3.05) is 0 Å². The Bertz CT molecular complexity index is 341. The van der Waals surface area contributed by atoms with Crippen LogP contribution in [0.4, 0.5) is 0 Å². The van der Waals surface area contributed by atoms with Crippen LogP contribution in [-0.2, 0) is 5.41 Å². The maximum absolute atomic E-state index is 11.1. The largest absolute Gasteiger partial charge is 0.313 e. The summed E-state index contributed by atoms with van der Waals surface area (Å²) in [5, 5.41) is 0. The van der Waals surface area contributed by atoms with Crippen molar-refractivity contribution in [3.8, 4) is 0 Å². The summed E-state index contributed by atoms with van der Waals surface area (Å²) in [5.41, 5.74) is 0.818. The summed E-state index contributed by atoms with van der Waals surface area (Å²) in [6, 6.07) is 1.59. The molecule has 0 unspecified atom stereocenters. The molecule has 1 aromatic rings. The zero-order chi connectivity index (χ0) is 10.6. The molecule has 0 aliphatic rings. The van der Waals surface area contributed by atoms with Gasteiger partial charge in [0.2, 0.25) is 0 Å². The van der Waals surface area contributed by atoms with Crippen molar-refractivity contribution in [3.63, 3.8) is 0 Å². The van der Waals surface area contributed by atoms with Crippen LogP contribution >= 0.6 is 0 Å². The molecule has 0 fully saturated rings. The molecule has 0 radical (unpaired) electrons. The van der Waals surface area contributed by atoms with Gasteiger partial charge in [-0.2, -0.15) is 0 Å². The van der Waals surface area contributed by atoms with Crippen molar-refractivity contribution in [2.24, 2.45) is 0 Å². The van der Waals surface area contributed by atoms with Crippen LogP contribution in [0.1, 0.15) is 45.7 Å². The number of hydrogen-bond donors (Lipinski definition) is 1. The molecule has 0 aliphatic carbocycles. The number of aromatic nitrogens is 2. The van der Waals surface area contributed by atoms with Gasteiger partial charge in [0.1, 0.15) is 0 Å². The first-order valence-corrected chi connectivity index (χ1v) is 5.11. The van der Waals surface area contributed by atoms with E-state index in [9.17, 15) is 4.79 Å². The van der Waals surface area contributed by atoms with E-state index < -0.39 is 0 Å². The SMILES string of the molecule is CCCCC(C)(C)c1cc(=O)[nH]cn1. The lowest BCUT2D eigenvalue weighted by molar-refractivity contribution is 0.444. The lowest BCUT2D eigenvalue weighted by atomic mass is 9.84. The molecule has 3 nitrogen and oxygen atoms in total. The Morgan fingerprint density at radius 2 is 2.21 bits per heavy atom. The molecule has 3 heteroatoms. The van der Waals surface area contributed by atoms with Gasteiger partial charge >= 0.3 is 0 Å². The Morgan fingerprint density at radius 1 is 1.50 bits per heavy atom. The lowest BCUT2D eigenvalue weighted by Gasteiger charge is -2.23. The third-order valence-electron chi connectivity index (χ3n) is 2.53. The number of unbranched alkanes of at least 4 members (excludes halogenated alkanes) is 1. The molecular formula is C11H18N2O. The second-order valence-electron chi connectivity index (χ2n) is 4.28. The summed E-state index contributed by atoms with van der Waals surface area (Å²) in [5.74, 6) is 0. The summed E-state index contributed by atoms with van der Waals surface area (Å²) >= 11 is 0. The van der Waals surface area contributed by atoms with Gasteiger partial charge in [0.25, 0.3) is 5.56 Å². The zero-order valence-electron chi connectivity index (χ0n) is 9.13. The fourth-order valence-corrected chi connectivity index (χ4v) is 1.49. The van der Waals surface area contributed by atoms with Gasteiger partial charge < -0.3 is 4.98 Å². The molecule has 0 spiro atoms. The minimum atomic E-state index is -0.0698. The molecule has 0 aliphatic heterocycles. The van der Waals surface area contributed by atoms with Crippen LogP contribution in [0, 0.1) is 0 Å². The van der Waals surface area contributed by atoms with Crippen LogP contribution in [0.15, 0.2) is 17.2 Å². The Kier molecular flexibility index (Phi) is 3.44. The minimum Gasteiger partial charge on any atom is -0.313 e. The summed E-state index contributed by atoms with van der Waals surface area (Å²) in [6.45, 7) is 6.43. The second-order valence-corrected chi connectivity index (χ2v) is 4.28. The highest BCUT2D eigenvalue weighted by atomic mass is 16.1. The van der Waals surface area contributed by atoms with Crippen molar-refractivity contribution < 1.29 is 0 Å². The topological polar surface area (TPSA) is 45.8 Å². The number of nitrogens with zero attached hydrogens (tertiary/aromatic N) is 1. The minimum absolute atomic E-state index is 0.00424. The van der Waals surface area contributed by atoms with Crippen LogP contribution in [0.2, 0.25) is 0 Å². The van der Waals surface area contributed by atoms with E-state index in [4.69, 9.17) is 0 Å². The first-order chi connectivity index (χ1) is 6.56. The maximum Gasteiger partial charge on any atom is 0.250 e. The van der Waals surface area contributed by atoms with Crippen LogP contribution in [0.25, 0.3) is 0 Å². The number of rotatable bonds is 4. The molecule has 1 heterocycles. The fourth-order valence-electron chi connectivity index (χ4n) is 1.49. The van der Waals surface area contributed by atoms with E-state index in [-0.39, 0.29) is 11.0 Å². The highest BCUT2D eigenvalue weighted by molar-refractivity contribution is 5.11. The lowest BCUT2D eigenvalue weighted by Crippen LogP contribution is -2.22. The van der Waals surface area contributed by atoms with Crippen LogP contribution in [0.3, 0.4) is 0 Å². The van der Waals surface area contributed by atoms with Gasteiger partial charge in [-0.25, -0.2) is 4.98 Å². The molecule has 0 atom stereocenters. The summed E-state index contributed by atoms with van der Waals surface area (Å²) < 4.78 is 0.